The van der Waals surface area contributed by atoms with E-state index < -0.39 is 15.1 Å². The fraction of sp³-hybridized carbons (Fsp3) is 0.538. The minimum absolute atomic E-state index is 0.506. The van der Waals surface area contributed by atoms with Crippen molar-refractivity contribution in [1.82, 2.24) is 0 Å². The summed E-state index contributed by atoms with van der Waals surface area (Å²) in [7, 11) is 1.61. The number of hydrogen-bond acceptors (Lipinski definition) is 4. The molecule has 2 rings (SSSR count). The van der Waals surface area contributed by atoms with Crippen LogP contribution in [0.1, 0.15) is 25.8 Å². The van der Waals surface area contributed by atoms with Crippen LogP contribution in [0.15, 0.2) is 18.2 Å². The molecule has 0 radical (unpaired) electrons. The third-order valence-electron chi connectivity index (χ3n) is 3.29. The van der Waals surface area contributed by atoms with Crippen LogP contribution in [-0.4, -0.2) is 29.3 Å². The molecule has 0 spiro atoms. The zero-order valence-electron chi connectivity index (χ0n) is 11.4. The first-order valence-electron chi connectivity index (χ1n) is 6.13. The number of ether oxygens (including phenoxy) is 2. The van der Waals surface area contributed by atoms with Crippen molar-refractivity contribution in [3.8, 4) is 5.75 Å². The summed E-state index contributed by atoms with van der Waals surface area (Å²) >= 11 is 0. The summed E-state index contributed by atoms with van der Waals surface area (Å²) in [4.78, 5) is 0. The molecule has 100 valence electrons. The minimum atomic E-state index is -1.75. The van der Waals surface area contributed by atoms with Crippen LogP contribution in [0.4, 0.5) is 0 Å². The second-order valence-electron chi connectivity index (χ2n) is 4.55. The molecule has 0 amide bonds. The number of rotatable bonds is 4. The smallest absolute Gasteiger partial charge is 0.355 e. The maximum Gasteiger partial charge on any atom is 0.355 e. The van der Waals surface area contributed by atoms with Crippen molar-refractivity contribution in [3.63, 3.8) is 0 Å². The van der Waals surface area contributed by atoms with E-state index in [4.69, 9.17) is 18.3 Å². The highest BCUT2D eigenvalue weighted by Crippen LogP contribution is 2.32. The predicted octanol–water partition coefficient (Wildman–Crippen LogP) is 1.44. The van der Waals surface area contributed by atoms with Crippen molar-refractivity contribution < 1.29 is 18.3 Å². The summed E-state index contributed by atoms with van der Waals surface area (Å²) in [5.41, 5.74) is 1.06. The molecule has 1 aromatic carbocycles. The Labute approximate surface area is 110 Å². The van der Waals surface area contributed by atoms with Gasteiger partial charge in [0.15, 0.2) is 0 Å². The van der Waals surface area contributed by atoms with Gasteiger partial charge in [0, 0.05) is 33.1 Å². The maximum absolute atomic E-state index is 5.88. The van der Waals surface area contributed by atoms with Crippen LogP contribution < -0.4 is 9.92 Å². The second-order valence-corrected chi connectivity index (χ2v) is 6.82. The lowest BCUT2D eigenvalue weighted by molar-refractivity contribution is -0.194. The van der Waals surface area contributed by atoms with E-state index in [9.17, 15) is 0 Å². The summed E-state index contributed by atoms with van der Waals surface area (Å²) < 4.78 is 22.4. The van der Waals surface area contributed by atoms with Gasteiger partial charge in [-0.05, 0) is 17.3 Å². The van der Waals surface area contributed by atoms with Crippen LogP contribution in [0.2, 0.25) is 0 Å². The highest BCUT2D eigenvalue weighted by Gasteiger charge is 2.31. The first-order valence-corrected chi connectivity index (χ1v) is 7.65. The van der Waals surface area contributed by atoms with Crippen molar-refractivity contribution in [2.75, 3.05) is 14.2 Å². The molecule has 5 heteroatoms. The molecule has 0 saturated carbocycles. The monoisotopic (exact) mass is 268 g/mol. The van der Waals surface area contributed by atoms with Gasteiger partial charge in [0.25, 0.3) is 0 Å². The average molecular weight is 268 g/mol. The molecular formula is C13H20O4Si. The predicted molar refractivity (Wildman–Crippen MR) is 71.4 cm³/mol. The van der Waals surface area contributed by atoms with Crippen molar-refractivity contribution >= 4 is 14.5 Å². The number of benzene rings is 1. The molecule has 0 fully saturated rings. The first-order chi connectivity index (χ1) is 8.61. The third kappa shape index (κ3) is 2.59. The molecule has 0 aromatic heterocycles. The molecule has 18 heavy (non-hydrogen) atoms. The molecular weight excluding hydrogens is 248 g/mol. The standard InChI is InChI=1S/C13H20O4Si/c1-5-13(2)16-9-10-8-11(18(14-3)15-4)6-7-12(10)17-13/h6-8,18H,5,9H2,1-4H3. The van der Waals surface area contributed by atoms with E-state index in [0.29, 0.717) is 6.61 Å². The van der Waals surface area contributed by atoms with Gasteiger partial charge in [0.1, 0.15) is 5.75 Å². The fourth-order valence-corrected chi connectivity index (χ4v) is 3.32. The van der Waals surface area contributed by atoms with E-state index >= 15 is 0 Å². The van der Waals surface area contributed by atoms with Gasteiger partial charge in [-0.25, -0.2) is 0 Å². The summed E-state index contributed by atoms with van der Waals surface area (Å²) in [6.45, 7) is 4.59. The van der Waals surface area contributed by atoms with Crippen molar-refractivity contribution in [2.24, 2.45) is 0 Å². The van der Waals surface area contributed by atoms with Gasteiger partial charge in [0.2, 0.25) is 5.79 Å². The van der Waals surface area contributed by atoms with Gasteiger partial charge in [-0.1, -0.05) is 13.0 Å². The lowest BCUT2D eigenvalue weighted by Crippen LogP contribution is -2.40. The largest absolute Gasteiger partial charge is 0.462 e. The average Bonchev–Trinajstić information content (AvgIpc) is 2.40. The van der Waals surface area contributed by atoms with Crippen LogP contribution in [0.5, 0.6) is 5.75 Å². The Balaban J connectivity index is 2.25. The molecule has 1 heterocycles. The van der Waals surface area contributed by atoms with E-state index in [1.807, 2.05) is 19.1 Å². The molecule has 4 nitrogen and oxygen atoms in total. The van der Waals surface area contributed by atoms with Crippen molar-refractivity contribution in [3.05, 3.63) is 23.8 Å². The topological polar surface area (TPSA) is 36.9 Å². The summed E-state index contributed by atoms with van der Waals surface area (Å²) in [5, 5.41) is 1.10. The van der Waals surface area contributed by atoms with E-state index in [1.54, 1.807) is 14.2 Å². The molecule has 0 N–H and O–H groups in total. The highest BCUT2D eigenvalue weighted by atomic mass is 28.3. The quantitative estimate of drug-likeness (QED) is 0.774. The molecule has 1 aliphatic rings. The molecule has 0 bridgehead atoms. The first kappa shape index (κ1) is 13.5. The van der Waals surface area contributed by atoms with Gasteiger partial charge in [0.05, 0.1) is 6.61 Å². The Hall–Kier alpha value is -0.883. The zero-order chi connectivity index (χ0) is 13.2. The fourth-order valence-electron chi connectivity index (χ4n) is 1.99. The number of hydrogen-bond donors (Lipinski definition) is 0. The molecule has 0 saturated heterocycles. The van der Waals surface area contributed by atoms with E-state index in [0.717, 1.165) is 22.9 Å². The van der Waals surface area contributed by atoms with Gasteiger partial charge >= 0.3 is 9.28 Å². The Bertz CT molecular complexity index is 419. The molecule has 1 unspecified atom stereocenters. The van der Waals surface area contributed by atoms with Crippen LogP contribution >= 0.6 is 0 Å². The van der Waals surface area contributed by atoms with E-state index in [1.165, 1.54) is 0 Å². The summed E-state index contributed by atoms with van der Waals surface area (Å²) in [5.74, 6) is 0.391. The van der Waals surface area contributed by atoms with Gasteiger partial charge in [-0.15, -0.1) is 0 Å². The highest BCUT2D eigenvalue weighted by molar-refractivity contribution is 6.61. The Morgan fingerprint density at radius 2 is 2.06 bits per heavy atom. The maximum atomic E-state index is 5.88. The van der Waals surface area contributed by atoms with Crippen molar-refractivity contribution in [1.29, 1.82) is 0 Å². The lowest BCUT2D eigenvalue weighted by atomic mass is 10.1. The molecule has 0 aliphatic carbocycles. The van der Waals surface area contributed by atoms with Crippen LogP contribution in [-0.2, 0) is 20.2 Å². The van der Waals surface area contributed by atoms with Crippen molar-refractivity contribution in [2.45, 2.75) is 32.7 Å². The SMILES string of the molecule is CCC1(C)OCc2cc([SiH](OC)OC)ccc2O1. The van der Waals surface area contributed by atoms with Gasteiger partial charge in [-0.3, -0.25) is 0 Å². The molecule has 1 aromatic rings. The van der Waals surface area contributed by atoms with E-state index in [2.05, 4.69) is 13.0 Å². The normalized spacial score (nSPS) is 22.7. The lowest BCUT2D eigenvalue weighted by Gasteiger charge is -2.35. The zero-order valence-corrected chi connectivity index (χ0v) is 12.5. The third-order valence-corrected chi connectivity index (χ3v) is 5.05. The minimum Gasteiger partial charge on any atom is -0.462 e. The molecule has 1 atom stereocenters. The van der Waals surface area contributed by atoms with Crippen LogP contribution in [0, 0.1) is 0 Å². The Morgan fingerprint density at radius 3 is 2.67 bits per heavy atom. The van der Waals surface area contributed by atoms with Gasteiger partial charge in [-0.2, -0.15) is 0 Å². The molecule has 1 aliphatic heterocycles. The van der Waals surface area contributed by atoms with Crippen LogP contribution in [0.3, 0.4) is 0 Å². The number of fused-ring (bicyclic) bond motifs is 1. The Kier molecular flexibility index (Phi) is 4.06. The van der Waals surface area contributed by atoms with Gasteiger partial charge < -0.3 is 18.3 Å². The second kappa shape index (κ2) is 5.40. The Morgan fingerprint density at radius 1 is 1.33 bits per heavy atom. The summed E-state index contributed by atoms with van der Waals surface area (Å²) in [6.07, 6.45) is 0.821. The van der Waals surface area contributed by atoms with Crippen LogP contribution in [0.25, 0.3) is 0 Å². The van der Waals surface area contributed by atoms with E-state index in [-0.39, 0.29) is 0 Å². The summed E-state index contributed by atoms with van der Waals surface area (Å²) in [6, 6.07) is 6.07.